The van der Waals surface area contributed by atoms with E-state index in [0.717, 1.165) is 27.9 Å². The highest BCUT2D eigenvalue weighted by molar-refractivity contribution is 7.26. The molecule has 0 bridgehead atoms. The quantitative estimate of drug-likeness (QED) is 0.177. The third-order valence-corrected chi connectivity index (χ3v) is 13.0. The lowest BCUT2D eigenvalue weighted by Crippen LogP contribution is -2.28. The van der Waals surface area contributed by atoms with Crippen molar-refractivity contribution in [3.8, 4) is 33.5 Å². The third-order valence-electron chi connectivity index (χ3n) is 11.9. The van der Waals surface area contributed by atoms with Crippen LogP contribution in [0.15, 0.2) is 194 Å². The van der Waals surface area contributed by atoms with E-state index in [4.69, 9.17) is 4.98 Å². The summed E-state index contributed by atoms with van der Waals surface area (Å²) < 4.78 is 4.88. The molecule has 2 nitrogen and oxygen atoms in total. The van der Waals surface area contributed by atoms with Crippen LogP contribution in [0.2, 0.25) is 0 Å². The van der Waals surface area contributed by atoms with Gasteiger partial charge >= 0.3 is 0 Å². The van der Waals surface area contributed by atoms with Gasteiger partial charge in [0, 0.05) is 15.5 Å². The van der Waals surface area contributed by atoms with Gasteiger partial charge in [-0.2, -0.15) is 0 Å². The van der Waals surface area contributed by atoms with E-state index in [1.807, 2.05) is 11.3 Å². The van der Waals surface area contributed by atoms with Crippen molar-refractivity contribution >= 4 is 59.0 Å². The van der Waals surface area contributed by atoms with Crippen LogP contribution in [0.5, 0.6) is 0 Å². The molecular weight excluding hydrogens is 685 g/mol. The van der Waals surface area contributed by atoms with Gasteiger partial charge in [0.2, 0.25) is 0 Å². The summed E-state index contributed by atoms with van der Waals surface area (Å²) in [5, 5.41) is 5.11. The highest BCUT2D eigenvalue weighted by atomic mass is 32.1. The highest BCUT2D eigenvalue weighted by Crippen LogP contribution is 2.56. The molecule has 3 heteroatoms. The van der Waals surface area contributed by atoms with Crippen LogP contribution in [0, 0.1) is 0 Å². The van der Waals surface area contributed by atoms with Crippen molar-refractivity contribution in [3.63, 3.8) is 0 Å². The fourth-order valence-electron chi connectivity index (χ4n) is 9.49. The summed E-state index contributed by atoms with van der Waals surface area (Å²) in [5.74, 6) is 0. The van der Waals surface area contributed by atoms with Crippen LogP contribution in [0.4, 0.5) is 0 Å². The number of thiophene rings is 1. The number of pyridine rings is 1. The minimum atomic E-state index is -0.429. The van der Waals surface area contributed by atoms with E-state index < -0.39 is 5.41 Å². The highest BCUT2D eigenvalue weighted by Gasteiger charge is 2.46. The van der Waals surface area contributed by atoms with E-state index in [9.17, 15) is 0 Å². The second kappa shape index (κ2) is 11.6. The minimum Gasteiger partial charge on any atom is -0.291 e. The van der Waals surface area contributed by atoms with Crippen LogP contribution in [0.3, 0.4) is 0 Å². The molecule has 0 fully saturated rings. The van der Waals surface area contributed by atoms with Gasteiger partial charge in [-0.25, -0.2) is 4.98 Å². The molecule has 55 heavy (non-hydrogen) atoms. The van der Waals surface area contributed by atoms with Gasteiger partial charge in [0.05, 0.1) is 26.8 Å². The number of benzene rings is 8. The molecule has 0 amide bonds. The summed E-state index contributed by atoms with van der Waals surface area (Å²) in [5.41, 5.74) is 15.2. The summed E-state index contributed by atoms with van der Waals surface area (Å²) in [6, 6.07) is 71.4. The Labute approximate surface area is 322 Å². The van der Waals surface area contributed by atoms with E-state index in [2.05, 4.69) is 199 Å². The van der Waals surface area contributed by atoms with Gasteiger partial charge in [-0.3, -0.25) is 4.40 Å². The van der Waals surface area contributed by atoms with Crippen LogP contribution in [-0.4, -0.2) is 9.38 Å². The normalized spacial score (nSPS) is 13.2. The zero-order valence-corrected chi connectivity index (χ0v) is 30.6. The molecule has 3 heterocycles. The smallest absolute Gasteiger partial charge is 0.156 e. The van der Waals surface area contributed by atoms with Crippen molar-refractivity contribution in [2.75, 3.05) is 0 Å². The van der Waals surface area contributed by atoms with Crippen molar-refractivity contribution in [1.82, 2.24) is 9.38 Å². The molecule has 0 N–H and O–H groups in total. The fourth-order valence-corrected chi connectivity index (χ4v) is 10.7. The van der Waals surface area contributed by atoms with Gasteiger partial charge in [0.15, 0.2) is 5.65 Å². The van der Waals surface area contributed by atoms with Gasteiger partial charge in [0.25, 0.3) is 0 Å². The number of para-hydroxylation sites is 2. The number of rotatable bonds is 4. The van der Waals surface area contributed by atoms with E-state index in [1.165, 1.54) is 75.5 Å². The number of hydrogen-bond donors (Lipinski definition) is 0. The van der Waals surface area contributed by atoms with Crippen LogP contribution < -0.4 is 0 Å². The second-order valence-corrected chi connectivity index (χ2v) is 15.7. The Morgan fingerprint density at radius 2 is 1.13 bits per heavy atom. The first-order chi connectivity index (χ1) is 27.3. The van der Waals surface area contributed by atoms with Crippen LogP contribution in [0.1, 0.15) is 22.3 Å². The molecule has 3 aromatic heterocycles. The first-order valence-electron chi connectivity index (χ1n) is 18.9. The Balaban J connectivity index is 1.06. The summed E-state index contributed by atoms with van der Waals surface area (Å²) in [7, 11) is 0. The lowest BCUT2D eigenvalue weighted by atomic mass is 9.67. The van der Waals surface area contributed by atoms with E-state index in [-0.39, 0.29) is 0 Å². The summed E-state index contributed by atoms with van der Waals surface area (Å²) in [6.07, 6.45) is 0. The topological polar surface area (TPSA) is 17.3 Å². The Hall–Kier alpha value is -6.81. The molecule has 1 aliphatic carbocycles. The predicted octanol–water partition coefficient (Wildman–Crippen LogP) is 13.7. The van der Waals surface area contributed by atoms with Gasteiger partial charge in [-0.15, -0.1) is 11.3 Å². The first-order valence-corrected chi connectivity index (χ1v) is 19.7. The average Bonchev–Trinajstić information content (AvgIpc) is 3.93. The molecule has 0 atom stereocenters. The monoisotopic (exact) mass is 716 g/mol. The van der Waals surface area contributed by atoms with Gasteiger partial charge < -0.3 is 0 Å². The van der Waals surface area contributed by atoms with Crippen molar-refractivity contribution in [3.05, 3.63) is 216 Å². The Kier molecular flexibility index (Phi) is 6.46. The summed E-state index contributed by atoms with van der Waals surface area (Å²) >= 11 is 1.84. The number of imidazole rings is 1. The predicted molar refractivity (Wildman–Crippen MR) is 231 cm³/mol. The zero-order valence-electron chi connectivity index (χ0n) is 29.8. The van der Waals surface area contributed by atoms with Gasteiger partial charge in [0.1, 0.15) is 0 Å². The van der Waals surface area contributed by atoms with Crippen molar-refractivity contribution in [1.29, 1.82) is 0 Å². The number of hydrogen-bond acceptors (Lipinski definition) is 2. The number of aromatic nitrogens is 2. The molecule has 12 rings (SSSR count). The summed E-state index contributed by atoms with van der Waals surface area (Å²) in [4.78, 5) is 5.26. The maximum absolute atomic E-state index is 5.26. The third kappa shape index (κ3) is 4.27. The van der Waals surface area contributed by atoms with Crippen LogP contribution in [0.25, 0.3) is 81.1 Å². The molecular formula is C52H32N2S. The Morgan fingerprint density at radius 3 is 1.95 bits per heavy atom. The molecule has 1 aliphatic rings. The molecule has 0 aliphatic heterocycles. The summed E-state index contributed by atoms with van der Waals surface area (Å²) in [6.45, 7) is 0. The van der Waals surface area contributed by atoms with Crippen LogP contribution in [-0.2, 0) is 5.41 Å². The molecule has 0 spiro atoms. The van der Waals surface area contributed by atoms with E-state index in [1.54, 1.807) is 0 Å². The molecule has 0 saturated carbocycles. The number of nitrogens with zero attached hydrogens (tertiary/aromatic N) is 2. The van der Waals surface area contributed by atoms with Crippen molar-refractivity contribution in [2.45, 2.75) is 5.41 Å². The van der Waals surface area contributed by atoms with E-state index >= 15 is 0 Å². The average molecular weight is 717 g/mol. The number of fused-ring (bicyclic) bond motifs is 12. The molecule has 0 radical (unpaired) electrons. The lowest BCUT2D eigenvalue weighted by molar-refractivity contribution is 0.769. The second-order valence-electron chi connectivity index (χ2n) is 14.7. The zero-order chi connectivity index (χ0) is 36.1. The van der Waals surface area contributed by atoms with E-state index in [0.29, 0.717) is 0 Å². The fraction of sp³-hybridized carbons (Fsp3) is 0.0192. The first kappa shape index (κ1) is 30.6. The minimum absolute atomic E-state index is 0.429. The SMILES string of the molecule is c1ccc(C2(c3ccccc3)c3ccccc3-c3ccc(-c4ccc(-c5cc6c(sc7ccc8ccccc8c76)c6nc7ccccc7n56)cc4)cc32)cc1. The Bertz CT molecular complexity index is 3260. The molecule has 8 aromatic carbocycles. The maximum atomic E-state index is 5.26. The molecule has 0 saturated heterocycles. The standard InChI is InChI=1S/C52H32N2S/c1-3-14-37(15-4-1)52(38-16-5-2-6-17-38)43-20-10-9-19-40(43)41-29-27-36(31-44(41)52)33-23-25-35(26-24-33)47-32-42-49-39-18-8-7-13-34(39)28-30-48(49)55-50(42)51-53-45-21-11-12-22-46(45)54(47)51/h1-32H. The maximum Gasteiger partial charge on any atom is 0.156 e. The molecule has 0 unspecified atom stereocenters. The van der Waals surface area contributed by atoms with Crippen LogP contribution >= 0.6 is 11.3 Å². The Morgan fingerprint density at radius 1 is 0.473 bits per heavy atom. The molecule has 11 aromatic rings. The van der Waals surface area contributed by atoms with Gasteiger partial charge in [-0.05, 0) is 91.2 Å². The molecule has 256 valence electrons. The largest absolute Gasteiger partial charge is 0.291 e. The van der Waals surface area contributed by atoms with Gasteiger partial charge in [-0.1, -0.05) is 164 Å². The lowest BCUT2D eigenvalue weighted by Gasteiger charge is -2.34. The van der Waals surface area contributed by atoms with Crippen molar-refractivity contribution < 1.29 is 0 Å². The van der Waals surface area contributed by atoms with Crippen molar-refractivity contribution in [2.24, 2.45) is 0 Å².